The van der Waals surface area contributed by atoms with Crippen molar-refractivity contribution in [2.45, 2.75) is 6.54 Å². The van der Waals surface area contributed by atoms with E-state index >= 15 is 0 Å². The predicted octanol–water partition coefficient (Wildman–Crippen LogP) is 3.99. The van der Waals surface area contributed by atoms with Crippen molar-refractivity contribution in [2.24, 2.45) is 0 Å². The number of carbonyl (C=O) groups excluding carboxylic acids is 2. The van der Waals surface area contributed by atoms with Gasteiger partial charge in [0.2, 0.25) is 0 Å². The molecule has 0 spiro atoms. The van der Waals surface area contributed by atoms with Gasteiger partial charge in [0.15, 0.2) is 12.4 Å². The lowest BCUT2D eigenvalue weighted by atomic mass is 10.2. The molecule has 9 nitrogen and oxygen atoms in total. The number of benzene rings is 2. The van der Waals surface area contributed by atoms with Gasteiger partial charge in [-0.1, -0.05) is 11.6 Å². The molecule has 0 atom stereocenters. The monoisotopic (exact) mass is 444 g/mol. The standard InChI is InChI=1S/C21H17ClN2O7/c1-29-19-8-4-14(10-17(19)24(27)28)21(26)30-12-20(25)23-11-16-7-9-18(31-16)13-2-5-15(22)6-3-13/h2-10H,11-12H2,1H3,(H,23,25). The Morgan fingerprint density at radius 3 is 2.55 bits per heavy atom. The van der Waals surface area contributed by atoms with E-state index in [4.69, 9.17) is 25.5 Å². The second-order valence-corrected chi connectivity index (χ2v) is 6.71. The number of nitro benzene ring substituents is 1. The molecule has 0 aliphatic heterocycles. The van der Waals surface area contributed by atoms with Gasteiger partial charge in [0, 0.05) is 16.7 Å². The van der Waals surface area contributed by atoms with Crippen LogP contribution in [-0.2, 0) is 16.1 Å². The van der Waals surface area contributed by atoms with Crippen LogP contribution >= 0.6 is 11.6 Å². The Balaban J connectivity index is 1.51. The largest absolute Gasteiger partial charge is 0.490 e. The fourth-order valence-corrected chi connectivity index (χ4v) is 2.78. The van der Waals surface area contributed by atoms with Gasteiger partial charge in [0.25, 0.3) is 5.91 Å². The summed E-state index contributed by atoms with van der Waals surface area (Å²) in [6.45, 7) is -0.457. The third-order valence-electron chi connectivity index (χ3n) is 4.20. The summed E-state index contributed by atoms with van der Waals surface area (Å²) in [5, 5.41) is 14.2. The lowest BCUT2D eigenvalue weighted by Gasteiger charge is -2.07. The maximum atomic E-state index is 12.1. The number of nitro groups is 1. The van der Waals surface area contributed by atoms with Crippen molar-refractivity contribution >= 4 is 29.2 Å². The third-order valence-corrected chi connectivity index (χ3v) is 4.45. The fraction of sp³-hybridized carbons (Fsp3) is 0.143. The van der Waals surface area contributed by atoms with Gasteiger partial charge in [-0.05, 0) is 48.5 Å². The van der Waals surface area contributed by atoms with Crippen LogP contribution in [-0.4, -0.2) is 30.5 Å². The Morgan fingerprint density at radius 2 is 1.87 bits per heavy atom. The summed E-state index contributed by atoms with van der Waals surface area (Å²) in [6.07, 6.45) is 0. The van der Waals surface area contributed by atoms with E-state index < -0.39 is 23.4 Å². The Bertz CT molecular complexity index is 1110. The highest BCUT2D eigenvalue weighted by molar-refractivity contribution is 6.30. The van der Waals surface area contributed by atoms with Crippen LogP contribution in [0.5, 0.6) is 5.75 Å². The quantitative estimate of drug-likeness (QED) is 0.316. The lowest BCUT2D eigenvalue weighted by Crippen LogP contribution is -2.28. The van der Waals surface area contributed by atoms with E-state index in [0.717, 1.165) is 11.6 Å². The van der Waals surface area contributed by atoms with E-state index in [1.54, 1.807) is 24.3 Å². The lowest BCUT2D eigenvalue weighted by molar-refractivity contribution is -0.385. The van der Waals surface area contributed by atoms with Gasteiger partial charge in [-0.3, -0.25) is 14.9 Å². The van der Waals surface area contributed by atoms with Gasteiger partial charge in [-0.25, -0.2) is 4.79 Å². The van der Waals surface area contributed by atoms with Crippen LogP contribution < -0.4 is 10.1 Å². The normalized spacial score (nSPS) is 10.4. The van der Waals surface area contributed by atoms with Crippen molar-refractivity contribution in [3.63, 3.8) is 0 Å². The Hall–Kier alpha value is -3.85. The predicted molar refractivity (Wildman–Crippen MR) is 111 cm³/mol. The minimum absolute atomic E-state index is 0.00992. The molecule has 160 valence electrons. The van der Waals surface area contributed by atoms with Crippen molar-refractivity contribution in [3.8, 4) is 17.1 Å². The van der Waals surface area contributed by atoms with E-state index in [9.17, 15) is 19.7 Å². The minimum atomic E-state index is -0.871. The molecule has 2 aromatic carbocycles. The van der Waals surface area contributed by atoms with Crippen molar-refractivity contribution in [2.75, 3.05) is 13.7 Å². The first-order valence-corrected chi connectivity index (χ1v) is 9.36. The van der Waals surface area contributed by atoms with Gasteiger partial charge < -0.3 is 19.2 Å². The van der Waals surface area contributed by atoms with Crippen molar-refractivity contribution < 1.29 is 28.4 Å². The van der Waals surface area contributed by atoms with Gasteiger partial charge >= 0.3 is 11.7 Å². The number of hydrogen-bond donors (Lipinski definition) is 1. The maximum Gasteiger partial charge on any atom is 0.338 e. The Kier molecular flexibility index (Phi) is 6.88. The number of hydrogen-bond acceptors (Lipinski definition) is 7. The van der Waals surface area contributed by atoms with E-state index in [0.29, 0.717) is 16.5 Å². The first kappa shape index (κ1) is 21.8. The zero-order valence-electron chi connectivity index (χ0n) is 16.3. The highest BCUT2D eigenvalue weighted by Crippen LogP contribution is 2.28. The smallest absolute Gasteiger partial charge is 0.338 e. The number of amides is 1. The van der Waals surface area contributed by atoms with Crippen molar-refractivity contribution in [1.29, 1.82) is 0 Å². The Morgan fingerprint density at radius 1 is 1.13 bits per heavy atom. The van der Waals surface area contributed by atoms with E-state index in [2.05, 4.69) is 5.32 Å². The molecule has 1 heterocycles. The second-order valence-electron chi connectivity index (χ2n) is 6.27. The first-order valence-electron chi connectivity index (χ1n) is 8.98. The summed E-state index contributed by atoms with van der Waals surface area (Å²) in [4.78, 5) is 34.4. The number of furan rings is 1. The second kappa shape index (κ2) is 9.77. The topological polar surface area (TPSA) is 121 Å². The Labute approximate surface area is 181 Å². The summed E-state index contributed by atoms with van der Waals surface area (Å²) < 4.78 is 15.5. The average molecular weight is 445 g/mol. The first-order chi connectivity index (χ1) is 14.9. The molecule has 0 saturated carbocycles. The summed E-state index contributed by atoms with van der Waals surface area (Å²) >= 11 is 5.87. The molecule has 0 fully saturated rings. The number of halogens is 1. The van der Waals surface area contributed by atoms with Gasteiger partial charge in [-0.15, -0.1) is 0 Å². The van der Waals surface area contributed by atoms with Gasteiger partial charge in [-0.2, -0.15) is 0 Å². The molecule has 0 saturated heterocycles. The van der Waals surface area contributed by atoms with E-state index in [-0.39, 0.29) is 23.5 Å². The van der Waals surface area contributed by atoms with Crippen LogP contribution in [0.4, 0.5) is 5.69 Å². The molecular formula is C21H17ClN2O7. The SMILES string of the molecule is COc1ccc(C(=O)OCC(=O)NCc2ccc(-c3ccc(Cl)cc3)o2)cc1[N+](=O)[O-]. The molecule has 0 aliphatic rings. The molecule has 1 N–H and O–H groups in total. The molecule has 0 unspecified atom stereocenters. The summed E-state index contributed by atoms with van der Waals surface area (Å²) in [5.74, 6) is -0.288. The van der Waals surface area contributed by atoms with Crippen molar-refractivity contribution in [1.82, 2.24) is 5.32 Å². The number of carbonyl (C=O) groups is 2. The van der Waals surface area contributed by atoms with Gasteiger partial charge in [0.05, 0.1) is 24.1 Å². The molecule has 1 aromatic heterocycles. The molecule has 3 aromatic rings. The maximum absolute atomic E-state index is 12.1. The molecule has 10 heteroatoms. The zero-order chi connectivity index (χ0) is 22.4. The number of esters is 1. The number of ether oxygens (including phenoxy) is 2. The van der Waals surface area contributed by atoms with Crippen LogP contribution in [0, 0.1) is 10.1 Å². The molecule has 0 radical (unpaired) electrons. The molecule has 1 amide bonds. The van der Waals surface area contributed by atoms with Crippen LogP contribution in [0.15, 0.2) is 59.0 Å². The van der Waals surface area contributed by atoms with Crippen LogP contribution in [0.2, 0.25) is 5.02 Å². The molecule has 0 aliphatic carbocycles. The van der Waals surface area contributed by atoms with Crippen molar-refractivity contribution in [3.05, 3.63) is 81.1 Å². The fourth-order valence-electron chi connectivity index (χ4n) is 2.65. The van der Waals surface area contributed by atoms with E-state index in [1.807, 2.05) is 12.1 Å². The average Bonchev–Trinajstić information content (AvgIpc) is 3.25. The highest BCUT2D eigenvalue weighted by atomic mass is 35.5. The molecule has 31 heavy (non-hydrogen) atoms. The summed E-state index contributed by atoms with van der Waals surface area (Å²) in [5.41, 5.74) is 0.388. The zero-order valence-corrected chi connectivity index (χ0v) is 17.0. The summed E-state index contributed by atoms with van der Waals surface area (Å²) in [6, 6.07) is 14.2. The summed E-state index contributed by atoms with van der Waals surface area (Å²) in [7, 11) is 1.28. The number of nitrogens with zero attached hydrogens (tertiary/aromatic N) is 1. The van der Waals surface area contributed by atoms with Crippen LogP contribution in [0.3, 0.4) is 0 Å². The molecular weight excluding hydrogens is 428 g/mol. The number of rotatable bonds is 8. The minimum Gasteiger partial charge on any atom is -0.490 e. The molecule has 3 rings (SSSR count). The van der Waals surface area contributed by atoms with Gasteiger partial charge in [0.1, 0.15) is 11.5 Å². The number of methoxy groups -OCH3 is 1. The van der Waals surface area contributed by atoms with Crippen LogP contribution in [0.1, 0.15) is 16.1 Å². The highest BCUT2D eigenvalue weighted by Gasteiger charge is 2.19. The van der Waals surface area contributed by atoms with Crippen LogP contribution in [0.25, 0.3) is 11.3 Å². The molecule has 0 bridgehead atoms. The van der Waals surface area contributed by atoms with E-state index in [1.165, 1.54) is 19.2 Å². The number of nitrogens with one attached hydrogen (secondary N) is 1. The third kappa shape index (κ3) is 5.61.